The first-order valence-corrected chi connectivity index (χ1v) is 10.3. The zero-order valence-corrected chi connectivity index (χ0v) is 19.5. The highest BCUT2D eigenvalue weighted by Crippen LogP contribution is 2.37. The Morgan fingerprint density at radius 1 is 0.657 bits per heavy atom. The first-order valence-electron chi connectivity index (χ1n) is 10.3. The lowest BCUT2D eigenvalue weighted by Gasteiger charge is -2.17. The van der Waals surface area contributed by atoms with Gasteiger partial charge in [0.2, 0.25) is 20.4 Å². The van der Waals surface area contributed by atoms with Gasteiger partial charge in [-0.2, -0.15) is 0 Å². The van der Waals surface area contributed by atoms with E-state index in [0.29, 0.717) is 17.1 Å². The van der Waals surface area contributed by atoms with Crippen molar-refractivity contribution in [3.8, 4) is 28.4 Å². The zero-order chi connectivity index (χ0) is 25.8. The highest BCUT2D eigenvalue weighted by Gasteiger charge is 2.15. The molecule has 9 heteroatoms. The second-order valence-electron chi connectivity index (χ2n) is 6.89. The third kappa shape index (κ3) is 8.08. The number of carbonyl (C=O) groups excluding carboxylic acids is 3. The molecule has 0 saturated heterocycles. The number of aryl methyl sites for hydroxylation is 2. The first-order chi connectivity index (χ1) is 16.8. The van der Waals surface area contributed by atoms with Crippen LogP contribution < -0.4 is 14.2 Å². The summed E-state index contributed by atoms with van der Waals surface area (Å²) < 4.78 is 31.3. The number of esters is 3. The number of hydrogen-bond acceptors (Lipinski definition) is 9. The van der Waals surface area contributed by atoms with Gasteiger partial charge in [0, 0.05) is 18.2 Å². The van der Waals surface area contributed by atoms with E-state index in [1.807, 2.05) is 25.1 Å². The van der Waals surface area contributed by atoms with Gasteiger partial charge in [-0.15, -0.1) is 0 Å². The molecule has 0 unspecified atom stereocenters. The normalized spacial score (nSPS) is 9.89. The molecule has 0 heterocycles. The number of hydrogen-bond donors (Lipinski definition) is 0. The minimum absolute atomic E-state index is 0.242. The molecule has 0 aliphatic carbocycles. The minimum atomic E-state index is -0.648. The highest BCUT2D eigenvalue weighted by atomic mass is 16.7. The Bertz CT molecular complexity index is 1120. The molecule has 0 aliphatic rings. The lowest BCUT2D eigenvalue weighted by Crippen LogP contribution is -2.11. The van der Waals surface area contributed by atoms with Crippen LogP contribution in [0.25, 0.3) is 11.1 Å². The van der Waals surface area contributed by atoms with E-state index in [1.54, 1.807) is 19.1 Å². The molecular weight excluding hydrogens is 456 g/mol. The van der Waals surface area contributed by atoms with E-state index in [4.69, 9.17) is 28.4 Å². The number of benzene rings is 2. The lowest BCUT2D eigenvalue weighted by molar-refractivity contribution is -0.146. The van der Waals surface area contributed by atoms with Crippen LogP contribution in [-0.4, -0.2) is 38.3 Å². The molecule has 0 saturated carbocycles. The third-order valence-corrected chi connectivity index (χ3v) is 4.48. The van der Waals surface area contributed by atoms with Gasteiger partial charge in [-0.25, -0.2) is 14.4 Å². The molecule has 2 aromatic rings. The smallest absolute Gasteiger partial charge is 0.333 e. The monoisotopic (exact) mass is 482 g/mol. The molecule has 2 aromatic carbocycles. The fourth-order valence-corrected chi connectivity index (χ4v) is 2.82. The maximum absolute atomic E-state index is 11.4. The molecule has 0 atom stereocenters. The second kappa shape index (κ2) is 13.2. The predicted octanol–water partition coefficient (Wildman–Crippen LogP) is 4.17. The van der Waals surface area contributed by atoms with E-state index < -0.39 is 17.9 Å². The van der Waals surface area contributed by atoms with Crippen molar-refractivity contribution in [2.24, 2.45) is 0 Å². The number of rotatable bonds is 13. The van der Waals surface area contributed by atoms with Crippen molar-refractivity contribution >= 4 is 17.9 Å². The van der Waals surface area contributed by atoms with Gasteiger partial charge in [0.25, 0.3) is 0 Å². The lowest BCUT2D eigenvalue weighted by atomic mass is 10.00. The minimum Gasteiger partial charge on any atom is -0.457 e. The van der Waals surface area contributed by atoms with Crippen molar-refractivity contribution in [3.63, 3.8) is 0 Å². The van der Waals surface area contributed by atoms with Gasteiger partial charge < -0.3 is 28.4 Å². The first kappa shape index (κ1) is 26.7. The molecule has 0 aliphatic heterocycles. The number of ether oxygens (including phenoxy) is 6. The zero-order valence-electron chi connectivity index (χ0n) is 19.5. The van der Waals surface area contributed by atoms with Crippen LogP contribution in [0.15, 0.2) is 68.3 Å². The summed E-state index contributed by atoms with van der Waals surface area (Å²) in [7, 11) is 0. The Morgan fingerprint density at radius 2 is 1.14 bits per heavy atom. The van der Waals surface area contributed by atoms with Crippen molar-refractivity contribution in [2.75, 3.05) is 20.4 Å². The molecule has 0 spiro atoms. The van der Waals surface area contributed by atoms with Crippen LogP contribution in [0.3, 0.4) is 0 Å². The Morgan fingerprint density at radius 3 is 1.66 bits per heavy atom. The summed E-state index contributed by atoms with van der Waals surface area (Å²) >= 11 is 0. The van der Waals surface area contributed by atoms with E-state index in [-0.39, 0.29) is 26.1 Å². The predicted molar refractivity (Wildman–Crippen MR) is 127 cm³/mol. The van der Waals surface area contributed by atoms with Gasteiger partial charge in [-0.1, -0.05) is 25.8 Å². The summed E-state index contributed by atoms with van der Waals surface area (Å²) in [6, 6.07) is 9.00. The van der Waals surface area contributed by atoms with Crippen molar-refractivity contribution in [1.82, 2.24) is 0 Å². The van der Waals surface area contributed by atoms with Gasteiger partial charge in [-0.05, 0) is 60.4 Å². The molecule has 0 fully saturated rings. The van der Waals surface area contributed by atoms with E-state index in [1.165, 1.54) is 0 Å². The van der Waals surface area contributed by atoms with Crippen molar-refractivity contribution in [3.05, 3.63) is 79.4 Å². The average molecular weight is 482 g/mol. The Labute approximate surface area is 203 Å². The van der Waals surface area contributed by atoms with Crippen LogP contribution in [0.4, 0.5) is 0 Å². The molecule has 35 heavy (non-hydrogen) atoms. The van der Waals surface area contributed by atoms with Gasteiger partial charge in [0.05, 0.1) is 0 Å². The number of carbonyl (C=O) groups is 3. The summed E-state index contributed by atoms with van der Waals surface area (Å²) in [5.41, 5.74) is 3.08. The fraction of sp³-hybridized carbons (Fsp3) is 0.192. The van der Waals surface area contributed by atoms with E-state index in [0.717, 1.165) is 34.9 Å². The van der Waals surface area contributed by atoms with Crippen LogP contribution in [0.1, 0.15) is 11.1 Å². The summed E-state index contributed by atoms with van der Waals surface area (Å²) in [6.07, 6.45) is 3.09. The molecule has 0 bridgehead atoms. The molecule has 0 N–H and O–H groups in total. The Kier molecular flexibility index (Phi) is 10.1. The van der Waals surface area contributed by atoms with E-state index >= 15 is 0 Å². The van der Waals surface area contributed by atoms with Crippen LogP contribution in [0.2, 0.25) is 0 Å². The van der Waals surface area contributed by atoms with Crippen LogP contribution in [0.5, 0.6) is 17.2 Å². The largest absolute Gasteiger partial charge is 0.457 e. The molecule has 2 rings (SSSR count). The van der Waals surface area contributed by atoms with Gasteiger partial charge in [-0.3, -0.25) is 0 Å². The Balaban J connectivity index is 2.27. The van der Waals surface area contributed by atoms with Crippen LogP contribution >= 0.6 is 0 Å². The van der Waals surface area contributed by atoms with Crippen molar-refractivity contribution < 1.29 is 42.8 Å². The molecule has 0 aromatic heterocycles. The maximum atomic E-state index is 11.4. The van der Waals surface area contributed by atoms with Gasteiger partial charge in [0.15, 0.2) is 11.5 Å². The Hall–Kier alpha value is -4.53. The highest BCUT2D eigenvalue weighted by molar-refractivity contribution is 5.81. The molecule has 0 amide bonds. The quantitative estimate of drug-likeness (QED) is 0.180. The van der Waals surface area contributed by atoms with E-state index in [9.17, 15) is 14.4 Å². The van der Waals surface area contributed by atoms with Gasteiger partial charge >= 0.3 is 17.9 Å². The van der Waals surface area contributed by atoms with Crippen molar-refractivity contribution in [2.45, 2.75) is 13.8 Å². The van der Waals surface area contributed by atoms with E-state index in [2.05, 4.69) is 19.7 Å². The standard InChI is InChI=1S/C26H26O9/c1-6-23(27)32-14-30-21-10-9-19(11-17(21)4)20-12-18(5)26(35-16-34-25(29)8-3)22(13-20)31-15-33-24(28)7-2/h6-13H,1-3,14-16H2,4-5H3. The van der Waals surface area contributed by atoms with Crippen LogP contribution in [-0.2, 0) is 28.6 Å². The molecule has 9 nitrogen and oxygen atoms in total. The fourth-order valence-electron chi connectivity index (χ4n) is 2.82. The maximum Gasteiger partial charge on any atom is 0.333 e. The third-order valence-electron chi connectivity index (χ3n) is 4.48. The average Bonchev–Trinajstić information content (AvgIpc) is 2.85. The molecule has 184 valence electrons. The summed E-state index contributed by atoms with van der Waals surface area (Å²) in [4.78, 5) is 33.8. The van der Waals surface area contributed by atoms with Crippen molar-refractivity contribution in [1.29, 1.82) is 0 Å². The summed E-state index contributed by atoms with van der Waals surface area (Å²) in [5, 5.41) is 0. The summed E-state index contributed by atoms with van der Waals surface area (Å²) in [5.74, 6) is -0.757. The van der Waals surface area contributed by atoms with Crippen LogP contribution in [0, 0.1) is 13.8 Å². The second-order valence-corrected chi connectivity index (χ2v) is 6.89. The topological polar surface area (TPSA) is 107 Å². The van der Waals surface area contributed by atoms with Gasteiger partial charge in [0.1, 0.15) is 5.75 Å². The summed E-state index contributed by atoms with van der Waals surface area (Å²) in [6.45, 7) is 12.6. The molecular formula is C26H26O9. The SMILES string of the molecule is C=CC(=O)OCOc1ccc(-c2cc(C)c(OCOC(=O)C=C)c(OCOC(=O)C=C)c2)cc1C. The molecule has 0 radical (unpaired) electrons.